The molecule has 1 aromatic heterocycles. The van der Waals surface area contributed by atoms with Gasteiger partial charge in [0.15, 0.2) is 5.13 Å². The van der Waals surface area contributed by atoms with Gasteiger partial charge in [-0.1, -0.05) is 23.2 Å². The number of rotatable bonds is 3. The SMILES string of the molecule is CN1CCCN(C(=O)c2csc(NC(=O)c3ccc(Cl)c(Cl)c3)n2)CC1. The Morgan fingerprint density at radius 2 is 1.96 bits per heavy atom. The third-order valence-corrected chi connectivity index (χ3v) is 5.63. The number of nitrogens with zero attached hydrogens (tertiary/aromatic N) is 3. The molecule has 2 aromatic rings. The summed E-state index contributed by atoms with van der Waals surface area (Å²) >= 11 is 13.0. The Morgan fingerprint density at radius 3 is 2.73 bits per heavy atom. The van der Waals surface area contributed by atoms with Crippen molar-refractivity contribution in [3.05, 3.63) is 44.9 Å². The number of carbonyl (C=O) groups is 2. The molecule has 3 rings (SSSR count). The minimum Gasteiger partial charge on any atom is -0.336 e. The van der Waals surface area contributed by atoms with E-state index < -0.39 is 0 Å². The van der Waals surface area contributed by atoms with E-state index >= 15 is 0 Å². The standard InChI is InChI=1S/C17H18Cl2N4O2S/c1-22-5-2-6-23(8-7-22)16(25)14-10-26-17(20-14)21-15(24)11-3-4-12(18)13(19)9-11/h3-4,9-10H,2,5-8H2,1H3,(H,20,21,24). The number of benzene rings is 1. The predicted octanol–water partition coefficient (Wildman–Crippen LogP) is 3.48. The smallest absolute Gasteiger partial charge is 0.273 e. The Hall–Kier alpha value is -1.67. The second kappa shape index (κ2) is 8.35. The fraction of sp³-hybridized carbons (Fsp3) is 0.353. The number of halogens is 2. The lowest BCUT2D eigenvalue weighted by molar-refractivity contribution is 0.0757. The molecule has 1 aliphatic rings. The summed E-state index contributed by atoms with van der Waals surface area (Å²) in [5.41, 5.74) is 0.724. The van der Waals surface area contributed by atoms with Crippen LogP contribution < -0.4 is 5.32 Å². The van der Waals surface area contributed by atoms with Gasteiger partial charge in [-0.05, 0) is 38.2 Å². The highest BCUT2D eigenvalue weighted by molar-refractivity contribution is 7.14. The number of anilines is 1. The number of likely N-dealkylation sites (N-methyl/N-ethyl adjacent to an activating group) is 1. The molecule has 0 radical (unpaired) electrons. The van der Waals surface area contributed by atoms with Crippen LogP contribution in [0.5, 0.6) is 0 Å². The summed E-state index contributed by atoms with van der Waals surface area (Å²) in [7, 11) is 2.05. The van der Waals surface area contributed by atoms with E-state index in [9.17, 15) is 9.59 Å². The molecule has 6 nitrogen and oxygen atoms in total. The average Bonchev–Trinajstić information content (AvgIpc) is 2.97. The van der Waals surface area contributed by atoms with Gasteiger partial charge in [0.25, 0.3) is 11.8 Å². The number of hydrogen-bond acceptors (Lipinski definition) is 5. The van der Waals surface area contributed by atoms with Crippen molar-refractivity contribution in [2.45, 2.75) is 6.42 Å². The molecule has 2 amide bonds. The minimum absolute atomic E-state index is 0.105. The van der Waals surface area contributed by atoms with Gasteiger partial charge in [0.1, 0.15) is 5.69 Å². The molecule has 26 heavy (non-hydrogen) atoms. The van der Waals surface area contributed by atoms with Crippen molar-refractivity contribution in [3.63, 3.8) is 0 Å². The maximum atomic E-state index is 12.6. The molecule has 0 bridgehead atoms. The first-order valence-corrected chi connectivity index (χ1v) is 9.77. The molecule has 138 valence electrons. The highest BCUT2D eigenvalue weighted by Crippen LogP contribution is 2.24. The van der Waals surface area contributed by atoms with Crippen molar-refractivity contribution in [1.82, 2.24) is 14.8 Å². The van der Waals surface area contributed by atoms with Crippen molar-refractivity contribution in [2.75, 3.05) is 38.5 Å². The van der Waals surface area contributed by atoms with E-state index in [2.05, 4.69) is 15.2 Å². The van der Waals surface area contributed by atoms with Crippen molar-refractivity contribution in [3.8, 4) is 0 Å². The molecule has 0 atom stereocenters. The zero-order chi connectivity index (χ0) is 18.7. The predicted molar refractivity (Wildman–Crippen MR) is 105 cm³/mol. The first-order chi connectivity index (χ1) is 12.4. The maximum Gasteiger partial charge on any atom is 0.273 e. The number of amides is 2. The third kappa shape index (κ3) is 4.54. The number of carbonyl (C=O) groups excluding carboxylic acids is 2. The third-order valence-electron chi connectivity index (χ3n) is 4.13. The van der Waals surface area contributed by atoms with Crippen LogP contribution in [0.25, 0.3) is 0 Å². The number of nitrogens with one attached hydrogen (secondary N) is 1. The number of hydrogen-bond donors (Lipinski definition) is 1. The lowest BCUT2D eigenvalue weighted by atomic mass is 10.2. The summed E-state index contributed by atoms with van der Waals surface area (Å²) in [6.45, 7) is 3.21. The van der Waals surface area contributed by atoms with Gasteiger partial charge >= 0.3 is 0 Å². The number of thiazole rings is 1. The monoisotopic (exact) mass is 412 g/mol. The van der Waals surface area contributed by atoms with Gasteiger partial charge in [-0.2, -0.15) is 0 Å². The van der Waals surface area contributed by atoms with Gasteiger partial charge in [-0.15, -0.1) is 11.3 Å². The fourth-order valence-corrected chi connectivity index (χ4v) is 3.63. The minimum atomic E-state index is -0.353. The van der Waals surface area contributed by atoms with E-state index in [4.69, 9.17) is 23.2 Å². The molecule has 1 N–H and O–H groups in total. The van der Waals surface area contributed by atoms with Crippen molar-refractivity contribution >= 4 is 51.5 Å². The van der Waals surface area contributed by atoms with Crippen LogP contribution in [-0.2, 0) is 0 Å². The van der Waals surface area contributed by atoms with E-state index in [-0.39, 0.29) is 11.8 Å². The highest BCUT2D eigenvalue weighted by atomic mass is 35.5. The molecule has 1 fully saturated rings. The van der Waals surface area contributed by atoms with Crippen LogP contribution in [0.3, 0.4) is 0 Å². The van der Waals surface area contributed by atoms with E-state index in [1.165, 1.54) is 17.4 Å². The Morgan fingerprint density at radius 1 is 1.15 bits per heavy atom. The van der Waals surface area contributed by atoms with Crippen LogP contribution in [0.15, 0.2) is 23.6 Å². The Labute approximate surface area is 165 Å². The Kier molecular flexibility index (Phi) is 6.13. The van der Waals surface area contributed by atoms with E-state index in [0.29, 0.717) is 39.5 Å². The van der Waals surface area contributed by atoms with Crippen LogP contribution >= 0.6 is 34.5 Å². The van der Waals surface area contributed by atoms with Gasteiger partial charge < -0.3 is 9.80 Å². The topological polar surface area (TPSA) is 65.5 Å². The fourth-order valence-electron chi connectivity index (χ4n) is 2.65. The van der Waals surface area contributed by atoms with Crippen molar-refractivity contribution < 1.29 is 9.59 Å². The Bertz CT molecular complexity index is 827. The van der Waals surface area contributed by atoms with Gasteiger partial charge in [-0.25, -0.2) is 4.98 Å². The van der Waals surface area contributed by atoms with E-state index in [1.807, 2.05) is 11.9 Å². The number of aromatic nitrogens is 1. The lowest BCUT2D eigenvalue weighted by Crippen LogP contribution is -2.34. The van der Waals surface area contributed by atoms with Crippen LogP contribution in [0, 0.1) is 0 Å². The van der Waals surface area contributed by atoms with Crippen molar-refractivity contribution in [1.29, 1.82) is 0 Å². The molecule has 0 aliphatic carbocycles. The van der Waals surface area contributed by atoms with Crippen molar-refractivity contribution in [2.24, 2.45) is 0 Å². The molecule has 9 heteroatoms. The molecule has 2 heterocycles. The average molecular weight is 413 g/mol. The molecule has 1 aliphatic heterocycles. The summed E-state index contributed by atoms with van der Waals surface area (Å²) in [6.07, 6.45) is 0.938. The zero-order valence-corrected chi connectivity index (χ0v) is 16.5. The zero-order valence-electron chi connectivity index (χ0n) is 14.2. The summed E-state index contributed by atoms with van der Waals surface area (Å²) in [5.74, 6) is -0.458. The molecular formula is C17H18Cl2N4O2S. The second-order valence-electron chi connectivity index (χ2n) is 6.07. The first kappa shape index (κ1) is 19.1. The van der Waals surface area contributed by atoms with Gasteiger partial charge in [0.2, 0.25) is 0 Å². The second-order valence-corrected chi connectivity index (χ2v) is 7.74. The molecular weight excluding hydrogens is 395 g/mol. The van der Waals surface area contributed by atoms with E-state index in [1.54, 1.807) is 17.5 Å². The Balaban J connectivity index is 1.66. The summed E-state index contributed by atoms with van der Waals surface area (Å²) in [5, 5.41) is 5.42. The quantitative estimate of drug-likeness (QED) is 0.837. The lowest BCUT2D eigenvalue weighted by Gasteiger charge is -2.19. The van der Waals surface area contributed by atoms with Gasteiger partial charge in [0.05, 0.1) is 10.0 Å². The normalized spacial score (nSPS) is 15.6. The van der Waals surface area contributed by atoms with Crippen LogP contribution in [0.1, 0.15) is 27.3 Å². The summed E-state index contributed by atoms with van der Waals surface area (Å²) in [6, 6.07) is 4.63. The van der Waals surface area contributed by atoms with Crippen LogP contribution in [0.4, 0.5) is 5.13 Å². The summed E-state index contributed by atoms with van der Waals surface area (Å²) in [4.78, 5) is 33.2. The largest absolute Gasteiger partial charge is 0.336 e. The summed E-state index contributed by atoms with van der Waals surface area (Å²) < 4.78 is 0. The molecule has 0 spiro atoms. The molecule has 0 saturated carbocycles. The highest BCUT2D eigenvalue weighted by Gasteiger charge is 2.21. The van der Waals surface area contributed by atoms with E-state index in [0.717, 1.165) is 19.5 Å². The molecule has 0 unspecified atom stereocenters. The van der Waals surface area contributed by atoms with Crippen LogP contribution in [-0.4, -0.2) is 59.8 Å². The maximum absolute atomic E-state index is 12.6. The molecule has 1 saturated heterocycles. The first-order valence-electron chi connectivity index (χ1n) is 8.14. The van der Waals surface area contributed by atoms with Gasteiger partial charge in [-0.3, -0.25) is 14.9 Å². The van der Waals surface area contributed by atoms with Crippen LogP contribution in [0.2, 0.25) is 10.0 Å². The molecule has 1 aromatic carbocycles. The van der Waals surface area contributed by atoms with Gasteiger partial charge in [0, 0.05) is 30.6 Å².